The van der Waals surface area contributed by atoms with Gasteiger partial charge in [-0.1, -0.05) is 0 Å². The summed E-state index contributed by atoms with van der Waals surface area (Å²) in [4.78, 5) is 11.2. The molecule has 0 saturated carbocycles. The van der Waals surface area contributed by atoms with Crippen molar-refractivity contribution in [3.8, 4) is 5.75 Å². The first-order valence-electron chi connectivity index (χ1n) is 6.52. The lowest BCUT2D eigenvalue weighted by molar-refractivity contribution is -0.277. The number of aliphatic hydroxyl groups excluding tert-OH is 4. The van der Waals surface area contributed by atoms with E-state index in [0.717, 1.165) is 0 Å². The Morgan fingerprint density at radius 3 is 2.29 bits per heavy atom. The third-order valence-corrected chi connectivity index (χ3v) is 3.36. The molecule has 7 nitrogen and oxygen atoms in total. The average molecular weight is 298 g/mol. The van der Waals surface area contributed by atoms with Gasteiger partial charge in [0.2, 0.25) is 6.29 Å². The lowest BCUT2D eigenvalue weighted by Gasteiger charge is -2.39. The van der Waals surface area contributed by atoms with Crippen LogP contribution in [0.3, 0.4) is 0 Å². The zero-order valence-corrected chi connectivity index (χ0v) is 11.4. The summed E-state index contributed by atoms with van der Waals surface area (Å²) >= 11 is 0. The fraction of sp³-hybridized carbons (Fsp3) is 0.500. The second kappa shape index (κ2) is 6.50. The van der Waals surface area contributed by atoms with E-state index in [4.69, 9.17) is 14.6 Å². The second-order valence-corrected chi connectivity index (χ2v) is 4.90. The Bertz CT molecular complexity index is 485. The molecule has 0 radical (unpaired) electrons. The molecule has 0 unspecified atom stereocenters. The van der Waals surface area contributed by atoms with E-state index < -0.39 is 37.3 Å². The number of aliphatic hydroxyl groups is 4. The fourth-order valence-electron chi connectivity index (χ4n) is 2.07. The predicted octanol–water partition coefficient (Wildman–Crippen LogP) is -0.932. The number of carbonyl (C=O) groups excluding carboxylic acids is 1. The highest BCUT2D eigenvalue weighted by atomic mass is 16.7. The van der Waals surface area contributed by atoms with Crippen LogP contribution in [0.1, 0.15) is 17.3 Å². The van der Waals surface area contributed by atoms with Crippen LogP contribution in [0.25, 0.3) is 0 Å². The fourth-order valence-corrected chi connectivity index (χ4v) is 2.07. The Balaban J connectivity index is 2.08. The number of ether oxygens (including phenoxy) is 2. The van der Waals surface area contributed by atoms with Crippen LogP contribution < -0.4 is 4.74 Å². The van der Waals surface area contributed by atoms with Gasteiger partial charge < -0.3 is 29.9 Å². The van der Waals surface area contributed by atoms with Crippen LogP contribution in [0, 0.1) is 0 Å². The largest absolute Gasteiger partial charge is 0.462 e. The minimum absolute atomic E-state index is 0.0885. The van der Waals surface area contributed by atoms with E-state index in [0.29, 0.717) is 11.3 Å². The molecule has 1 fully saturated rings. The van der Waals surface area contributed by atoms with Crippen molar-refractivity contribution in [2.24, 2.45) is 0 Å². The molecule has 5 atom stereocenters. The molecule has 2 rings (SSSR count). The Labute approximate surface area is 121 Å². The van der Waals surface area contributed by atoms with Crippen LogP contribution in [0.15, 0.2) is 24.3 Å². The second-order valence-electron chi connectivity index (χ2n) is 4.90. The molecular formula is C14H18O7. The summed E-state index contributed by atoms with van der Waals surface area (Å²) in [6, 6.07) is 6.17. The van der Waals surface area contributed by atoms with Gasteiger partial charge in [-0.15, -0.1) is 0 Å². The first kappa shape index (κ1) is 15.9. The molecule has 1 heterocycles. The first-order chi connectivity index (χ1) is 9.93. The molecule has 0 amide bonds. The molecule has 0 spiro atoms. The monoisotopic (exact) mass is 298 g/mol. The molecule has 4 N–H and O–H groups in total. The summed E-state index contributed by atoms with van der Waals surface area (Å²) < 4.78 is 10.6. The maximum atomic E-state index is 11.2. The van der Waals surface area contributed by atoms with Crippen molar-refractivity contribution in [3.63, 3.8) is 0 Å². The van der Waals surface area contributed by atoms with Crippen LogP contribution in [-0.2, 0) is 4.74 Å². The van der Waals surface area contributed by atoms with Crippen molar-refractivity contribution in [2.75, 3.05) is 6.61 Å². The lowest BCUT2D eigenvalue weighted by atomic mass is 9.99. The van der Waals surface area contributed by atoms with Gasteiger partial charge in [-0.25, -0.2) is 0 Å². The molecule has 0 aromatic heterocycles. The van der Waals surface area contributed by atoms with Gasteiger partial charge >= 0.3 is 0 Å². The molecule has 1 saturated heterocycles. The number of hydrogen-bond acceptors (Lipinski definition) is 7. The minimum Gasteiger partial charge on any atom is -0.462 e. The summed E-state index contributed by atoms with van der Waals surface area (Å²) in [5.41, 5.74) is 0.510. The number of ketones is 1. The van der Waals surface area contributed by atoms with Crippen molar-refractivity contribution in [3.05, 3.63) is 29.8 Å². The Kier molecular flexibility index (Phi) is 4.92. The van der Waals surface area contributed by atoms with E-state index in [1.807, 2.05) is 0 Å². The number of carbonyl (C=O) groups is 1. The standard InChI is InChI=1S/C14H18O7/c1-7(16)8-2-4-9(5-3-8)20-14-13(19)12(18)11(17)10(6-15)21-14/h2-5,10-15,17-19H,6H2,1H3/t10-,11+,12+,13-,14+/m1/s1. The quantitative estimate of drug-likeness (QED) is 0.530. The third-order valence-electron chi connectivity index (χ3n) is 3.36. The van der Waals surface area contributed by atoms with Gasteiger partial charge in [0.1, 0.15) is 30.2 Å². The molecule has 1 aliphatic heterocycles. The summed E-state index contributed by atoms with van der Waals surface area (Å²) in [5.74, 6) is 0.235. The molecule has 21 heavy (non-hydrogen) atoms. The van der Waals surface area contributed by atoms with E-state index in [1.54, 1.807) is 12.1 Å². The molecule has 1 aromatic carbocycles. The van der Waals surface area contributed by atoms with E-state index >= 15 is 0 Å². The maximum Gasteiger partial charge on any atom is 0.229 e. The minimum atomic E-state index is -1.49. The van der Waals surface area contributed by atoms with Gasteiger partial charge in [0, 0.05) is 5.56 Å². The zero-order valence-electron chi connectivity index (χ0n) is 11.4. The lowest BCUT2D eigenvalue weighted by Crippen LogP contribution is -2.60. The van der Waals surface area contributed by atoms with E-state index in [-0.39, 0.29) is 5.78 Å². The average Bonchev–Trinajstić information content (AvgIpc) is 2.48. The molecule has 1 aliphatic rings. The number of hydrogen-bond donors (Lipinski definition) is 4. The topological polar surface area (TPSA) is 116 Å². The van der Waals surface area contributed by atoms with Crippen molar-refractivity contribution in [1.82, 2.24) is 0 Å². The highest BCUT2D eigenvalue weighted by Crippen LogP contribution is 2.24. The van der Waals surface area contributed by atoms with Crippen molar-refractivity contribution < 1.29 is 34.7 Å². The highest BCUT2D eigenvalue weighted by molar-refractivity contribution is 5.94. The van der Waals surface area contributed by atoms with Gasteiger partial charge in [-0.2, -0.15) is 0 Å². The molecule has 0 bridgehead atoms. The summed E-state index contributed by atoms with van der Waals surface area (Å²) in [7, 11) is 0. The van der Waals surface area contributed by atoms with Crippen molar-refractivity contribution in [1.29, 1.82) is 0 Å². The van der Waals surface area contributed by atoms with Gasteiger partial charge in [0.05, 0.1) is 6.61 Å². The van der Waals surface area contributed by atoms with Crippen molar-refractivity contribution in [2.45, 2.75) is 37.6 Å². The van der Waals surface area contributed by atoms with Crippen LogP contribution in [0.4, 0.5) is 0 Å². The van der Waals surface area contributed by atoms with E-state index in [9.17, 15) is 20.1 Å². The summed E-state index contributed by atoms with van der Waals surface area (Å²) in [5, 5.41) is 38.2. The first-order valence-corrected chi connectivity index (χ1v) is 6.52. The molecule has 7 heteroatoms. The van der Waals surface area contributed by atoms with Gasteiger partial charge in [0.25, 0.3) is 0 Å². The van der Waals surface area contributed by atoms with Crippen LogP contribution >= 0.6 is 0 Å². The Morgan fingerprint density at radius 2 is 1.76 bits per heavy atom. The number of benzene rings is 1. The number of rotatable bonds is 4. The zero-order chi connectivity index (χ0) is 15.6. The Morgan fingerprint density at radius 1 is 1.14 bits per heavy atom. The SMILES string of the molecule is CC(=O)c1ccc(O[C@H]2O[C@H](CO)[C@H](O)[C@H](O)[C@H]2O)cc1. The maximum absolute atomic E-state index is 11.2. The van der Waals surface area contributed by atoms with Crippen LogP contribution in [-0.4, -0.2) is 63.5 Å². The molecular weight excluding hydrogens is 280 g/mol. The van der Waals surface area contributed by atoms with Crippen LogP contribution in [0.2, 0.25) is 0 Å². The summed E-state index contributed by atoms with van der Waals surface area (Å²) in [6.07, 6.45) is -6.63. The van der Waals surface area contributed by atoms with Crippen LogP contribution in [0.5, 0.6) is 5.75 Å². The summed E-state index contributed by atoms with van der Waals surface area (Å²) in [6.45, 7) is 0.918. The number of Topliss-reactive ketones (excluding diaryl/α,β-unsaturated/α-hetero) is 1. The molecule has 116 valence electrons. The van der Waals surface area contributed by atoms with Gasteiger partial charge in [-0.05, 0) is 31.2 Å². The van der Waals surface area contributed by atoms with Crippen molar-refractivity contribution >= 4 is 5.78 Å². The highest BCUT2D eigenvalue weighted by Gasteiger charge is 2.44. The van der Waals surface area contributed by atoms with E-state index in [2.05, 4.69) is 0 Å². The Hall–Kier alpha value is -1.51. The normalized spacial score (nSPS) is 32.7. The molecule has 1 aromatic rings. The predicted molar refractivity (Wildman–Crippen MR) is 70.8 cm³/mol. The van der Waals surface area contributed by atoms with Gasteiger partial charge in [0.15, 0.2) is 5.78 Å². The van der Waals surface area contributed by atoms with E-state index in [1.165, 1.54) is 19.1 Å². The van der Waals surface area contributed by atoms with Gasteiger partial charge in [-0.3, -0.25) is 4.79 Å². The third kappa shape index (κ3) is 3.39. The molecule has 0 aliphatic carbocycles. The smallest absolute Gasteiger partial charge is 0.229 e.